The van der Waals surface area contributed by atoms with Crippen molar-refractivity contribution in [3.05, 3.63) is 89.5 Å². The van der Waals surface area contributed by atoms with E-state index in [1.54, 1.807) is 55.6 Å². The zero-order valence-electron chi connectivity index (χ0n) is 18.0. The molecular formula is C26H26O6. The molecule has 0 spiro atoms. The summed E-state index contributed by atoms with van der Waals surface area (Å²) in [5, 5.41) is 8.73. The zero-order chi connectivity index (χ0) is 22.8. The van der Waals surface area contributed by atoms with Crippen LogP contribution in [0.3, 0.4) is 0 Å². The van der Waals surface area contributed by atoms with E-state index in [0.29, 0.717) is 48.7 Å². The number of rotatable bonds is 12. The van der Waals surface area contributed by atoms with Crippen molar-refractivity contribution >= 4 is 11.8 Å². The van der Waals surface area contributed by atoms with Crippen molar-refractivity contribution in [2.75, 3.05) is 20.3 Å². The van der Waals surface area contributed by atoms with Crippen molar-refractivity contribution in [1.82, 2.24) is 0 Å². The molecule has 0 atom stereocenters. The normalized spacial score (nSPS) is 10.4. The van der Waals surface area contributed by atoms with Crippen molar-refractivity contribution in [3.8, 4) is 17.2 Å². The Kier molecular flexibility index (Phi) is 8.26. The van der Waals surface area contributed by atoms with Crippen molar-refractivity contribution in [2.45, 2.75) is 19.3 Å². The number of hydrogen-bond acceptors (Lipinski definition) is 5. The number of carboxylic acids is 1. The predicted molar refractivity (Wildman–Crippen MR) is 121 cm³/mol. The van der Waals surface area contributed by atoms with Gasteiger partial charge < -0.3 is 19.3 Å². The molecule has 0 aliphatic carbocycles. The maximum atomic E-state index is 12.6. The molecular weight excluding hydrogens is 408 g/mol. The summed E-state index contributed by atoms with van der Waals surface area (Å²) in [6.45, 7) is 0.987. The van der Waals surface area contributed by atoms with Crippen LogP contribution in [0.1, 0.15) is 34.3 Å². The summed E-state index contributed by atoms with van der Waals surface area (Å²) in [6, 6.07) is 21.6. The first-order valence-electron chi connectivity index (χ1n) is 10.4. The first-order chi connectivity index (χ1) is 15.5. The lowest BCUT2D eigenvalue weighted by atomic mass is 10.0. The molecule has 0 saturated carbocycles. The number of carbonyl (C=O) groups excluding carboxylic acids is 1. The third kappa shape index (κ3) is 6.87. The van der Waals surface area contributed by atoms with Crippen molar-refractivity contribution in [3.63, 3.8) is 0 Å². The molecule has 0 aliphatic rings. The molecule has 0 bridgehead atoms. The summed E-state index contributed by atoms with van der Waals surface area (Å²) in [5.74, 6) is 1.20. The van der Waals surface area contributed by atoms with Crippen molar-refractivity contribution in [2.24, 2.45) is 0 Å². The number of aryl methyl sites for hydroxylation is 1. The molecule has 0 saturated heterocycles. The van der Waals surface area contributed by atoms with Crippen molar-refractivity contribution in [1.29, 1.82) is 0 Å². The second-order valence-corrected chi connectivity index (χ2v) is 7.17. The van der Waals surface area contributed by atoms with E-state index in [1.807, 2.05) is 24.3 Å². The van der Waals surface area contributed by atoms with Gasteiger partial charge in [-0.3, -0.25) is 9.59 Å². The number of hydrogen-bond donors (Lipinski definition) is 1. The summed E-state index contributed by atoms with van der Waals surface area (Å²) in [7, 11) is 1.57. The van der Waals surface area contributed by atoms with Gasteiger partial charge >= 0.3 is 5.97 Å². The van der Waals surface area contributed by atoms with E-state index in [-0.39, 0.29) is 12.2 Å². The van der Waals surface area contributed by atoms with Gasteiger partial charge in [-0.05, 0) is 60.5 Å². The molecule has 6 nitrogen and oxygen atoms in total. The fourth-order valence-corrected chi connectivity index (χ4v) is 3.08. The fraction of sp³-hybridized carbons (Fsp3) is 0.231. The minimum atomic E-state index is -0.802. The van der Waals surface area contributed by atoms with Crippen LogP contribution >= 0.6 is 0 Å². The maximum Gasteiger partial charge on any atom is 0.303 e. The standard InChI is InChI=1S/C26H26O6/c1-30-24-5-2-4-21(18-24)26(29)20-9-13-23(14-10-20)32-17-3-16-31-22-11-6-19(7-12-22)8-15-25(27)28/h2,4-7,9-14,18H,3,8,15-17H2,1H3,(H,27,28). The summed E-state index contributed by atoms with van der Waals surface area (Å²) in [4.78, 5) is 23.2. The van der Waals surface area contributed by atoms with E-state index < -0.39 is 5.97 Å². The van der Waals surface area contributed by atoms with Gasteiger partial charge in [0.15, 0.2) is 5.78 Å². The van der Waals surface area contributed by atoms with Gasteiger partial charge in [0.25, 0.3) is 0 Å². The second-order valence-electron chi connectivity index (χ2n) is 7.17. The molecule has 0 aliphatic heterocycles. The van der Waals surface area contributed by atoms with Crippen LogP contribution in [0.5, 0.6) is 17.2 Å². The Morgan fingerprint density at radius 3 is 2.00 bits per heavy atom. The molecule has 1 N–H and O–H groups in total. The summed E-state index contributed by atoms with van der Waals surface area (Å²) < 4.78 is 16.6. The van der Waals surface area contributed by atoms with Crippen LogP contribution in [0.2, 0.25) is 0 Å². The quantitative estimate of drug-likeness (QED) is 0.326. The average molecular weight is 434 g/mol. The van der Waals surface area contributed by atoms with Crippen LogP contribution in [0.15, 0.2) is 72.8 Å². The Hall–Kier alpha value is -3.80. The summed E-state index contributed by atoms with van der Waals surface area (Å²) in [5.41, 5.74) is 2.13. The summed E-state index contributed by atoms with van der Waals surface area (Å²) >= 11 is 0. The van der Waals surface area contributed by atoms with Gasteiger partial charge in [0, 0.05) is 24.0 Å². The molecule has 0 aromatic heterocycles. The van der Waals surface area contributed by atoms with E-state index in [1.165, 1.54) is 0 Å². The van der Waals surface area contributed by atoms with E-state index in [9.17, 15) is 9.59 Å². The Labute approximate surface area is 187 Å². The number of carboxylic acid groups (broad SMARTS) is 1. The molecule has 166 valence electrons. The second kappa shape index (κ2) is 11.6. The molecule has 0 fully saturated rings. The SMILES string of the molecule is COc1cccc(C(=O)c2ccc(OCCCOc3ccc(CCC(=O)O)cc3)cc2)c1. The van der Waals surface area contributed by atoms with Gasteiger partial charge in [0.05, 0.1) is 20.3 Å². The van der Waals surface area contributed by atoms with Crippen LogP contribution < -0.4 is 14.2 Å². The Morgan fingerprint density at radius 1 is 0.781 bits per heavy atom. The number of carbonyl (C=O) groups is 2. The lowest BCUT2D eigenvalue weighted by molar-refractivity contribution is -0.136. The Morgan fingerprint density at radius 2 is 1.41 bits per heavy atom. The topological polar surface area (TPSA) is 82.1 Å². The van der Waals surface area contributed by atoms with E-state index >= 15 is 0 Å². The van der Waals surface area contributed by atoms with Gasteiger partial charge in [0.2, 0.25) is 0 Å². The minimum absolute atomic E-state index is 0.0715. The molecule has 0 unspecified atom stereocenters. The maximum absolute atomic E-state index is 12.6. The molecule has 0 amide bonds. The highest BCUT2D eigenvalue weighted by molar-refractivity contribution is 6.09. The number of ketones is 1. The average Bonchev–Trinajstić information content (AvgIpc) is 2.83. The highest BCUT2D eigenvalue weighted by Gasteiger charge is 2.10. The smallest absolute Gasteiger partial charge is 0.303 e. The number of methoxy groups -OCH3 is 1. The van der Waals surface area contributed by atoms with E-state index in [0.717, 1.165) is 11.3 Å². The highest BCUT2D eigenvalue weighted by Crippen LogP contribution is 2.19. The molecule has 3 aromatic carbocycles. The van der Waals surface area contributed by atoms with Crippen LogP contribution in [0, 0.1) is 0 Å². The van der Waals surface area contributed by atoms with Gasteiger partial charge in [0.1, 0.15) is 17.2 Å². The van der Waals surface area contributed by atoms with Gasteiger partial charge in [-0.25, -0.2) is 0 Å². The molecule has 3 aromatic rings. The monoisotopic (exact) mass is 434 g/mol. The molecule has 32 heavy (non-hydrogen) atoms. The number of ether oxygens (including phenoxy) is 3. The van der Waals surface area contributed by atoms with Gasteiger partial charge in [-0.2, -0.15) is 0 Å². The van der Waals surface area contributed by atoms with Gasteiger partial charge in [-0.1, -0.05) is 24.3 Å². The minimum Gasteiger partial charge on any atom is -0.497 e. The van der Waals surface area contributed by atoms with Crippen molar-refractivity contribution < 1.29 is 28.9 Å². The van der Waals surface area contributed by atoms with E-state index in [2.05, 4.69) is 0 Å². The van der Waals surface area contributed by atoms with Crippen LogP contribution in [0.25, 0.3) is 0 Å². The van der Waals surface area contributed by atoms with Gasteiger partial charge in [-0.15, -0.1) is 0 Å². The lowest BCUT2D eigenvalue weighted by Gasteiger charge is -2.09. The zero-order valence-corrected chi connectivity index (χ0v) is 18.0. The van der Waals surface area contributed by atoms with Crippen LogP contribution in [0.4, 0.5) is 0 Å². The molecule has 0 radical (unpaired) electrons. The lowest BCUT2D eigenvalue weighted by Crippen LogP contribution is -2.05. The van der Waals surface area contributed by atoms with Crippen LogP contribution in [-0.4, -0.2) is 37.2 Å². The van der Waals surface area contributed by atoms with Crippen LogP contribution in [-0.2, 0) is 11.2 Å². The van der Waals surface area contributed by atoms with E-state index in [4.69, 9.17) is 19.3 Å². The first-order valence-corrected chi connectivity index (χ1v) is 10.4. The largest absolute Gasteiger partial charge is 0.497 e. The highest BCUT2D eigenvalue weighted by atomic mass is 16.5. The number of benzene rings is 3. The number of aliphatic carboxylic acids is 1. The third-order valence-corrected chi connectivity index (χ3v) is 4.83. The Balaban J connectivity index is 1.40. The molecule has 6 heteroatoms. The predicted octanol–water partition coefficient (Wildman–Crippen LogP) is 4.79. The fourth-order valence-electron chi connectivity index (χ4n) is 3.08. The molecule has 0 heterocycles. The Bertz CT molecular complexity index is 1020. The summed E-state index contributed by atoms with van der Waals surface area (Å²) in [6.07, 6.45) is 1.33. The molecule has 3 rings (SSSR count). The first kappa shape index (κ1) is 22.9. The third-order valence-electron chi connectivity index (χ3n) is 4.83.